The third-order valence-electron chi connectivity index (χ3n) is 11.2. The molecule has 1 aliphatic rings. The Morgan fingerprint density at radius 3 is 2.02 bits per heavy atom. The van der Waals surface area contributed by atoms with Gasteiger partial charge in [-0.25, -0.2) is 4.98 Å². The van der Waals surface area contributed by atoms with Crippen LogP contribution in [0.1, 0.15) is 47.4 Å². The molecule has 64 heavy (non-hydrogen) atoms. The quantitative estimate of drug-likeness (QED) is 0.0758. The molecular formula is C45H57ClN8O8P2-2. The first kappa shape index (κ1) is 49.3. The largest absolute Gasteiger partial charge is 0.810 e. The van der Waals surface area contributed by atoms with Gasteiger partial charge in [0.1, 0.15) is 12.0 Å². The van der Waals surface area contributed by atoms with Crippen molar-refractivity contribution >= 4 is 60.3 Å². The number of hydrogen-bond donors (Lipinski definition) is 4. The molecule has 2 aromatic heterocycles. The molecule has 0 unspecified atom stereocenters. The zero-order valence-corrected chi connectivity index (χ0v) is 38.7. The van der Waals surface area contributed by atoms with Gasteiger partial charge in [-0.05, 0) is 55.5 Å². The van der Waals surface area contributed by atoms with Crippen LogP contribution in [0.3, 0.4) is 0 Å². The molecule has 5 aromatic rings. The van der Waals surface area contributed by atoms with Gasteiger partial charge in [0, 0.05) is 99.6 Å². The Hall–Kier alpha value is -4.15. The van der Waals surface area contributed by atoms with Crippen molar-refractivity contribution in [1.29, 1.82) is 0 Å². The molecular weight excluding hydrogens is 878 g/mol. The number of halogens is 1. The number of unbranched alkanes of at least 4 members (excludes halogenated alkanes) is 3. The van der Waals surface area contributed by atoms with Crippen LogP contribution < -0.4 is 20.4 Å². The van der Waals surface area contributed by atoms with Crippen LogP contribution in [0.4, 0.5) is 0 Å². The van der Waals surface area contributed by atoms with Crippen molar-refractivity contribution in [3.63, 3.8) is 0 Å². The Labute approximate surface area is 379 Å². The van der Waals surface area contributed by atoms with Crippen molar-refractivity contribution < 1.29 is 38.3 Å². The second kappa shape index (κ2) is 23.3. The highest BCUT2D eigenvalue weighted by Gasteiger charge is 2.24. The van der Waals surface area contributed by atoms with Gasteiger partial charge >= 0.3 is 7.60 Å². The molecule has 1 fully saturated rings. The molecule has 0 aliphatic carbocycles. The molecule has 6 rings (SSSR count). The molecule has 1 aliphatic heterocycles. The summed E-state index contributed by atoms with van der Waals surface area (Å²) in [5.41, 5.74) is 4.44. The van der Waals surface area contributed by atoms with Crippen LogP contribution in [0.5, 0.6) is 0 Å². The Kier molecular flexibility index (Phi) is 18.0. The molecule has 0 saturated carbocycles. The first-order valence-corrected chi connectivity index (χ1v) is 25.5. The van der Waals surface area contributed by atoms with E-state index in [9.17, 15) is 38.3 Å². The number of carbonyl (C=O) groups is 2. The van der Waals surface area contributed by atoms with Crippen LogP contribution in [-0.2, 0) is 20.5 Å². The fourth-order valence-corrected chi connectivity index (χ4v) is 9.65. The number of aryl methyl sites for hydroxylation is 1. The van der Waals surface area contributed by atoms with Gasteiger partial charge in [-0.2, -0.15) is 0 Å². The lowest BCUT2D eigenvalue weighted by Crippen LogP contribution is -2.48. The first-order valence-electron chi connectivity index (χ1n) is 21.6. The zero-order valence-electron chi connectivity index (χ0n) is 36.1. The molecule has 0 atom stereocenters. The summed E-state index contributed by atoms with van der Waals surface area (Å²) in [6.45, 7) is 5.58. The Balaban J connectivity index is 0.976. The lowest BCUT2D eigenvalue weighted by molar-refractivity contribution is -0.315. The summed E-state index contributed by atoms with van der Waals surface area (Å²) >= 11 is 6.50. The van der Waals surface area contributed by atoms with Gasteiger partial charge in [-0.3, -0.25) is 38.7 Å². The lowest BCUT2D eigenvalue weighted by atomic mass is 10.0. The summed E-state index contributed by atoms with van der Waals surface area (Å²) in [5, 5.41) is 9.26. The Morgan fingerprint density at radius 2 is 1.33 bits per heavy atom. The van der Waals surface area contributed by atoms with E-state index in [1.54, 1.807) is 21.9 Å². The van der Waals surface area contributed by atoms with Crippen LogP contribution in [0.2, 0.25) is 5.02 Å². The molecule has 3 heterocycles. The number of amides is 2. The number of rotatable bonds is 17. The second-order valence-electron chi connectivity index (χ2n) is 16.4. The van der Waals surface area contributed by atoms with E-state index in [4.69, 9.17) is 21.6 Å². The zero-order chi connectivity index (χ0) is 45.7. The summed E-state index contributed by atoms with van der Waals surface area (Å²) in [4.78, 5) is 86.8. The van der Waals surface area contributed by atoms with Crippen LogP contribution >= 0.6 is 26.8 Å². The van der Waals surface area contributed by atoms with E-state index >= 15 is 0 Å². The first-order chi connectivity index (χ1) is 30.6. The standard InChI is InChI=1S/C45H59ClN8O8P2/c1-34-14-17-41-36(28-34)15-16-37(49-41)30-51-20-24-53(32-63(57,58)59)26-22-52(23-27-54(25-21-51)33-64(60,61)62)31-43(55)47-18-8-2-3-9-19-48-45(56)42-29-35-10-4-5-11-38(35)44(50-42)39-12-6-7-13-40(39)46/h4-7,10-17,28-29H,2-3,8-9,18-27,30-33H2,1H3,(H,47,55)(H,48,56)(H2,57,58,59)(H2,60,61,62)/p-2. The number of benzene rings is 3. The molecule has 0 spiro atoms. The van der Waals surface area contributed by atoms with E-state index in [0.717, 1.165) is 57.8 Å². The number of nitrogens with zero attached hydrogens (tertiary/aromatic N) is 6. The highest BCUT2D eigenvalue weighted by Crippen LogP contribution is 2.35. The number of carbonyl (C=O) groups excluding carboxylic acids is 2. The number of nitrogens with one attached hydrogen (secondary N) is 2. The smallest absolute Gasteiger partial charge is 0.339 e. The maximum Gasteiger partial charge on any atom is 0.339 e. The monoisotopic (exact) mass is 934 g/mol. The van der Waals surface area contributed by atoms with Gasteiger partial charge in [-0.15, -0.1) is 0 Å². The van der Waals surface area contributed by atoms with E-state index < -0.39 is 27.8 Å². The van der Waals surface area contributed by atoms with E-state index in [-0.39, 0.29) is 51.1 Å². The predicted molar refractivity (Wildman–Crippen MR) is 247 cm³/mol. The van der Waals surface area contributed by atoms with Gasteiger partial charge in [0.25, 0.3) is 5.91 Å². The van der Waals surface area contributed by atoms with Gasteiger partial charge in [0.05, 0.1) is 23.4 Å². The Morgan fingerprint density at radius 1 is 0.703 bits per heavy atom. The highest BCUT2D eigenvalue weighted by molar-refractivity contribution is 7.51. The van der Waals surface area contributed by atoms with Crippen molar-refractivity contribution in [2.45, 2.75) is 39.2 Å². The summed E-state index contributed by atoms with van der Waals surface area (Å²) in [6, 6.07) is 26.9. The number of pyridine rings is 2. The second-order valence-corrected chi connectivity index (χ2v) is 19.9. The molecule has 344 valence electrons. The van der Waals surface area contributed by atoms with Crippen LogP contribution in [-0.4, -0.2) is 136 Å². The molecule has 16 nitrogen and oxygen atoms in total. The van der Waals surface area contributed by atoms with E-state index in [1.807, 2.05) is 83.5 Å². The molecule has 4 N–H and O–H groups in total. The van der Waals surface area contributed by atoms with Gasteiger partial charge in [-0.1, -0.05) is 92.2 Å². The van der Waals surface area contributed by atoms with Crippen LogP contribution in [0.25, 0.3) is 32.9 Å². The maximum atomic E-state index is 13.2. The molecule has 0 radical (unpaired) electrons. The molecule has 19 heteroatoms. The fourth-order valence-electron chi connectivity index (χ4n) is 7.84. The number of fused-ring (bicyclic) bond motifs is 2. The minimum atomic E-state index is -4.91. The van der Waals surface area contributed by atoms with E-state index in [0.29, 0.717) is 62.1 Å². The summed E-state index contributed by atoms with van der Waals surface area (Å²) < 4.78 is 24.2. The number of hydrogen-bond acceptors (Lipinski definition) is 12. The van der Waals surface area contributed by atoms with Crippen molar-refractivity contribution in [2.75, 3.05) is 84.6 Å². The molecule has 3 aromatic carbocycles. The van der Waals surface area contributed by atoms with Crippen molar-refractivity contribution in [2.24, 2.45) is 0 Å². The average molecular weight is 935 g/mol. The predicted octanol–water partition coefficient (Wildman–Crippen LogP) is 4.25. The van der Waals surface area contributed by atoms with Crippen molar-refractivity contribution in [1.82, 2.24) is 40.2 Å². The SMILES string of the molecule is Cc1ccc2nc(CN3CCN(CP(=O)([O-])[O-])CCN(CC(=O)NCCCCCCNC(=O)c4cc5ccccc5c(-c5ccccc5Cl)n4)CCN(CP(=O)(O)O)CC3)ccc2c1. The van der Waals surface area contributed by atoms with E-state index in [1.165, 1.54) is 0 Å². The van der Waals surface area contributed by atoms with Crippen LogP contribution in [0, 0.1) is 6.92 Å². The highest BCUT2D eigenvalue weighted by atomic mass is 35.5. The normalized spacial score (nSPS) is 15.8. The Bertz CT molecular complexity index is 2430. The third kappa shape index (κ3) is 15.8. The minimum Gasteiger partial charge on any atom is -0.810 e. The van der Waals surface area contributed by atoms with E-state index in [2.05, 4.69) is 16.7 Å². The minimum absolute atomic E-state index is 0.0175. The molecule has 1 saturated heterocycles. The summed E-state index contributed by atoms with van der Waals surface area (Å²) in [6.07, 6.45) is 1.97. The van der Waals surface area contributed by atoms with Gasteiger partial charge in [0.15, 0.2) is 0 Å². The lowest BCUT2D eigenvalue weighted by Gasteiger charge is -2.38. The topological polar surface area (TPSA) is 218 Å². The van der Waals surface area contributed by atoms with Crippen molar-refractivity contribution in [3.05, 3.63) is 107 Å². The summed E-state index contributed by atoms with van der Waals surface area (Å²) in [5.74, 6) is -0.517. The van der Waals surface area contributed by atoms with Crippen molar-refractivity contribution in [3.8, 4) is 11.3 Å². The number of aromatic nitrogens is 2. The molecule has 0 bridgehead atoms. The van der Waals surface area contributed by atoms with Gasteiger partial charge < -0.3 is 34.8 Å². The summed E-state index contributed by atoms with van der Waals surface area (Å²) in [7, 11) is -9.33. The maximum absolute atomic E-state index is 13.2. The molecule has 2 amide bonds. The van der Waals surface area contributed by atoms with Gasteiger partial charge in [0.2, 0.25) is 5.91 Å². The average Bonchev–Trinajstić information content (AvgIpc) is 3.24. The third-order valence-corrected chi connectivity index (χ3v) is 13.0. The van der Waals surface area contributed by atoms with Crippen LogP contribution in [0.15, 0.2) is 84.9 Å². The fraction of sp³-hybridized carbons (Fsp3) is 0.422.